The highest BCUT2D eigenvalue weighted by Gasteiger charge is 2.28. The number of nitrogens with zero attached hydrogens (tertiary/aromatic N) is 3. The van der Waals surface area contributed by atoms with Gasteiger partial charge in [-0.3, -0.25) is 23.9 Å². The van der Waals surface area contributed by atoms with Crippen molar-refractivity contribution in [2.45, 2.75) is 31.3 Å². The van der Waals surface area contributed by atoms with Gasteiger partial charge >= 0.3 is 0 Å². The molecule has 148 valence electrons. The summed E-state index contributed by atoms with van der Waals surface area (Å²) in [5.74, 6) is 0.221. The molecule has 2 heterocycles. The zero-order chi connectivity index (χ0) is 20.4. The van der Waals surface area contributed by atoms with Crippen molar-refractivity contribution in [2.75, 3.05) is 12.3 Å². The quantitative estimate of drug-likeness (QED) is 0.356. The Bertz CT molecular complexity index is 1120. The highest BCUT2D eigenvalue weighted by molar-refractivity contribution is 7.99. The Morgan fingerprint density at radius 3 is 2.34 bits per heavy atom. The van der Waals surface area contributed by atoms with Crippen LogP contribution in [0.3, 0.4) is 0 Å². The highest BCUT2D eigenvalue weighted by atomic mass is 32.2. The van der Waals surface area contributed by atoms with E-state index in [1.54, 1.807) is 10.6 Å². The first-order chi connectivity index (χ1) is 14.1. The first-order valence-corrected chi connectivity index (χ1v) is 10.6. The van der Waals surface area contributed by atoms with Crippen LogP contribution >= 0.6 is 11.8 Å². The number of para-hydroxylation sites is 1. The fourth-order valence-electron chi connectivity index (χ4n) is 3.42. The Labute approximate surface area is 172 Å². The predicted molar refractivity (Wildman–Crippen MR) is 113 cm³/mol. The van der Waals surface area contributed by atoms with E-state index in [1.165, 1.54) is 22.2 Å². The van der Waals surface area contributed by atoms with Crippen molar-refractivity contribution in [3.05, 3.63) is 64.4 Å². The van der Waals surface area contributed by atoms with Gasteiger partial charge in [-0.05, 0) is 36.2 Å². The second-order valence-corrected chi connectivity index (χ2v) is 7.92. The van der Waals surface area contributed by atoms with Crippen LogP contribution in [0.2, 0.25) is 0 Å². The predicted octanol–water partition coefficient (Wildman–Crippen LogP) is 3.19. The van der Waals surface area contributed by atoms with Gasteiger partial charge in [-0.25, -0.2) is 4.98 Å². The maximum Gasteiger partial charge on any atom is 0.266 e. The summed E-state index contributed by atoms with van der Waals surface area (Å²) in [6, 6.07) is 15.1. The smallest absolute Gasteiger partial charge is 0.266 e. The third kappa shape index (κ3) is 3.82. The van der Waals surface area contributed by atoms with Gasteiger partial charge in [-0.2, -0.15) is 0 Å². The second-order valence-electron chi connectivity index (χ2n) is 6.86. The van der Waals surface area contributed by atoms with E-state index in [0.717, 1.165) is 12.1 Å². The van der Waals surface area contributed by atoms with Gasteiger partial charge in [0.15, 0.2) is 5.16 Å². The molecule has 1 saturated heterocycles. The minimum Gasteiger partial charge on any atom is -0.282 e. The number of benzene rings is 2. The Kier molecular flexibility index (Phi) is 5.49. The van der Waals surface area contributed by atoms with Crippen LogP contribution in [-0.2, 0) is 16.0 Å². The molecule has 0 radical (unpaired) electrons. The number of aryl methyl sites for hydroxylation is 1. The summed E-state index contributed by atoms with van der Waals surface area (Å²) in [5.41, 5.74) is 2.45. The summed E-state index contributed by atoms with van der Waals surface area (Å²) in [6.45, 7) is 2.40. The van der Waals surface area contributed by atoms with Gasteiger partial charge < -0.3 is 0 Å². The van der Waals surface area contributed by atoms with E-state index in [4.69, 9.17) is 4.98 Å². The van der Waals surface area contributed by atoms with E-state index in [-0.39, 0.29) is 30.2 Å². The van der Waals surface area contributed by atoms with E-state index in [0.29, 0.717) is 28.4 Å². The summed E-state index contributed by atoms with van der Waals surface area (Å²) in [4.78, 5) is 42.9. The summed E-state index contributed by atoms with van der Waals surface area (Å²) in [6.07, 6.45) is 1.49. The molecule has 0 saturated carbocycles. The molecule has 1 aliphatic rings. The lowest BCUT2D eigenvalue weighted by atomic mass is 10.1. The van der Waals surface area contributed by atoms with Crippen LogP contribution in [0.1, 0.15) is 25.3 Å². The average Bonchev–Trinajstić information content (AvgIpc) is 3.06. The molecule has 3 aromatic rings. The molecule has 4 rings (SSSR count). The van der Waals surface area contributed by atoms with Gasteiger partial charge in [0.2, 0.25) is 11.8 Å². The zero-order valence-electron chi connectivity index (χ0n) is 16.1. The van der Waals surface area contributed by atoms with E-state index in [9.17, 15) is 14.4 Å². The number of carbonyl (C=O) groups is 2. The molecule has 2 aromatic carbocycles. The standard InChI is InChI=1S/C22H21N3O3S/c1-2-15-7-9-16(10-8-15)25-21(28)17-5-3-4-6-18(17)23-22(25)29-14-13-24-19(26)11-12-20(24)27/h3-10H,2,11-14H2,1H3. The molecule has 0 atom stereocenters. The average molecular weight is 407 g/mol. The molecular formula is C22H21N3O3S. The lowest BCUT2D eigenvalue weighted by Gasteiger charge is -2.16. The summed E-state index contributed by atoms with van der Waals surface area (Å²) >= 11 is 1.38. The largest absolute Gasteiger partial charge is 0.282 e. The number of carbonyl (C=O) groups excluding carboxylic acids is 2. The highest BCUT2D eigenvalue weighted by Crippen LogP contribution is 2.23. The topological polar surface area (TPSA) is 72.3 Å². The molecule has 29 heavy (non-hydrogen) atoms. The van der Waals surface area contributed by atoms with E-state index in [2.05, 4.69) is 6.92 Å². The maximum atomic E-state index is 13.2. The molecule has 2 amide bonds. The van der Waals surface area contributed by atoms with Gasteiger partial charge in [0.1, 0.15) is 0 Å². The fourth-order valence-corrected chi connectivity index (χ4v) is 4.35. The van der Waals surface area contributed by atoms with Crippen molar-refractivity contribution < 1.29 is 9.59 Å². The van der Waals surface area contributed by atoms with Crippen molar-refractivity contribution in [1.82, 2.24) is 14.5 Å². The van der Waals surface area contributed by atoms with E-state index < -0.39 is 0 Å². The first-order valence-electron chi connectivity index (χ1n) is 9.65. The Morgan fingerprint density at radius 2 is 1.66 bits per heavy atom. The van der Waals surface area contributed by atoms with Crippen molar-refractivity contribution in [1.29, 1.82) is 0 Å². The van der Waals surface area contributed by atoms with Gasteiger partial charge in [0.25, 0.3) is 5.56 Å². The van der Waals surface area contributed by atoms with Crippen LogP contribution in [0.25, 0.3) is 16.6 Å². The molecule has 1 fully saturated rings. The van der Waals surface area contributed by atoms with E-state index in [1.807, 2.05) is 42.5 Å². The van der Waals surface area contributed by atoms with Gasteiger partial charge in [-0.1, -0.05) is 43.0 Å². The Hall–Kier alpha value is -2.93. The molecule has 0 spiro atoms. The number of imide groups is 1. The van der Waals surface area contributed by atoms with Crippen molar-refractivity contribution in [3.8, 4) is 5.69 Å². The van der Waals surface area contributed by atoms with Crippen LogP contribution in [-0.4, -0.2) is 38.6 Å². The maximum absolute atomic E-state index is 13.2. The lowest BCUT2D eigenvalue weighted by Crippen LogP contribution is -2.31. The minimum atomic E-state index is -0.130. The lowest BCUT2D eigenvalue weighted by molar-refractivity contribution is -0.137. The monoisotopic (exact) mass is 407 g/mol. The normalized spacial score (nSPS) is 14.2. The Morgan fingerprint density at radius 1 is 0.966 bits per heavy atom. The molecule has 6 nitrogen and oxygen atoms in total. The van der Waals surface area contributed by atoms with Gasteiger partial charge in [0.05, 0.1) is 16.6 Å². The van der Waals surface area contributed by atoms with Gasteiger partial charge in [-0.15, -0.1) is 0 Å². The summed E-state index contributed by atoms with van der Waals surface area (Å²) in [5, 5.41) is 1.11. The molecule has 0 unspecified atom stereocenters. The van der Waals surface area contributed by atoms with Crippen LogP contribution < -0.4 is 5.56 Å². The summed E-state index contributed by atoms with van der Waals surface area (Å²) < 4.78 is 1.61. The van der Waals surface area contributed by atoms with Crippen LogP contribution in [0.5, 0.6) is 0 Å². The van der Waals surface area contributed by atoms with Crippen LogP contribution in [0, 0.1) is 0 Å². The van der Waals surface area contributed by atoms with Crippen molar-refractivity contribution in [3.63, 3.8) is 0 Å². The number of hydrogen-bond donors (Lipinski definition) is 0. The van der Waals surface area contributed by atoms with E-state index >= 15 is 0 Å². The zero-order valence-corrected chi connectivity index (χ0v) is 16.9. The molecule has 0 bridgehead atoms. The molecule has 7 heteroatoms. The van der Waals surface area contributed by atoms with Crippen molar-refractivity contribution >= 4 is 34.5 Å². The molecule has 1 aliphatic heterocycles. The van der Waals surface area contributed by atoms with Gasteiger partial charge in [0, 0.05) is 25.1 Å². The van der Waals surface area contributed by atoms with Crippen molar-refractivity contribution in [2.24, 2.45) is 0 Å². The number of likely N-dealkylation sites (tertiary alicyclic amines) is 1. The number of rotatable bonds is 6. The van der Waals surface area contributed by atoms with Crippen LogP contribution in [0.15, 0.2) is 58.5 Å². The minimum absolute atomic E-state index is 0.129. The SMILES string of the molecule is CCc1ccc(-n2c(SCCN3C(=O)CCC3=O)nc3ccccc3c2=O)cc1. The number of thioether (sulfide) groups is 1. The third-order valence-electron chi connectivity index (χ3n) is 5.05. The second kappa shape index (κ2) is 8.21. The molecule has 0 aliphatic carbocycles. The number of fused-ring (bicyclic) bond motifs is 1. The number of hydrogen-bond acceptors (Lipinski definition) is 5. The van der Waals surface area contributed by atoms with Crippen LogP contribution in [0.4, 0.5) is 0 Å². The molecular weight excluding hydrogens is 386 g/mol. The number of aromatic nitrogens is 2. The fraction of sp³-hybridized carbons (Fsp3) is 0.273. The molecule has 1 aromatic heterocycles. The third-order valence-corrected chi connectivity index (χ3v) is 5.97. The number of amides is 2. The molecule has 0 N–H and O–H groups in total. The Balaban J connectivity index is 1.70. The summed E-state index contributed by atoms with van der Waals surface area (Å²) in [7, 11) is 0. The first kappa shape index (κ1) is 19.4.